The summed E-state index contributed by atoms with van der Waals surface area (Å²) in [7, 11) is 2.43. The van der Waals surface area contributed by atoms with Crippen molar-refractivity contribution in [3.63, 3.8) is 0 Å². The van der Waals surface area contributed by atoms with E-state index in [9.17, 15) is 0 Å². The second kappa shape index (κ2) is 6.13. The van der Waals surface area contributed by atoms with Crippen molar-refractivity contribution in [3.8, 4) is 0 Å². The Morgan fingerprint density at radius 3 is 2.67 bits per heavy atom. The van der Waals surface area contributed by atoms with Gasteiger partial charge in [0.15, 0.2) is 0 Å². The van der Waals surface area contributed by atoms with Crippen LogP contribution in [0.1, 0.15) is 30.3 Å². The highest BCUT2D eigenvalue weighted by Gasteiger charge is 2.06. The molecule has 1 rings (SSSR count). The third-order valence-corrected chi connectivity index (χ3v) is 3.71. The van der Waals surface area contributed by atoms with Gasteiger partial charge in [0.05, 0.1) is 0 Å². The Kier molecular flexibility index (Phi) is 5.12. The largest absolute Gasteiger partial charge is 0.421 e. The van der Waals surface area contributed by atoms with Gasteiger partial charge < -0.3 is 8.99 Å². The molecule has 0 aliphatic carbocycles. The molecule has 15 heavy (non-hydrogen) atoms. The maximum Gasteiger partial charge on any atom is 0.229 e. The van der Waals surface area contributed by atoms with Crippen molar-refractivity contribution in [3.05, 3.63) is 23.0 Å². The normalized spacial score (nSPS) is 10.9. The lowest BCUT2D eigenvalue weighted by Gasteiger charge is -2.09. The molecule has 0 atom stereocenters. The quantitative estimate of drug-likeness (QED) is 0.534. The summed E-state index contributed by atoms with van der Waals surface area (Å²) >= 11 is 0. The van der Waals surface area contributed by atoms with Gasteiger partial charge in [-0.3, -0.25) is 0 Å². The molecule has 0 aliphatic heterocycles. The minimum absolute atomic E-state index is 0.654. The van der Waals surface area contributed by atoms with E-state index in [2.05, 4.69) is 31.4 Å². The fourth-order valence-electron chi connectivity index (χ4n) is 1.99. The third kappa shape index (κ3) is 3.21. The van der Waals surface area contributed by atoms with Crippen LogP contribution in [-0.4, -0.2) is 21.4 Å². The zero-order valence-electron chi connectivity index (χ0n) is 10.3. The Morgan fingerprint density at radius 1 is 1.40 bits per heavy atom. The van der Waals surface area contributed by atoms with Gasteiger partial charge in [0.25, 0.3) is 0 Å². The predicted octanol–water partition coefficient (Wildman–Crippen LogP) is 2.74. The monoisotopic (exact) mass is 223 g/mol. The molecule has 0 saturated carbocycles. The predicted molar refractivity (Wildman–Crippen MR) is 65.5 cm³/mol. The Morgan fingerprint density at radius 2 is 2.13 bits per heavy atom. The summed E-state index contributed by atoms with van der Waals surface area (Å²) in [4.78, 5) is 0. The molecule has 1 aromatic rings. The molecule has 84 valence electrons. The van der Waals surface area contributed by atoms with Crippen molar-refractivity contribution in [1.82, 2.24) is 4.57 Å². The van der Waals surface area contributed by atoms with Crippen molar-refractivity contribution >= 4 is 9.76 Å². The molecule has 0 bridgehead atoms. The Labute approximate surface area is 95.6 Å². The highest BCUT2D eigenvalue weighted by molar-refractivity contribution is 6.26. The van der Waals surface area contributed by atoms with Crippen molar-refractivity contribution in [2.45, 2.75) is 46.2 Å². The second-order valence-corrected chi connectivity index (χ2v) is 5.05. The van der Waals surface area contributed by atoms with Crippen LogP contribution in [0.25, 0.3) is 0 Å². The second-order valence-electron chi connectivity index (χ2n) is 3.85. The van der Waals surface area contributed by atoms with Crippen LogP contribution < -0.4 is 0 Å². The van der Waals surface area contributed by atoms with E-state index in [-0.39, 0.29) is 0 Å². The van der Waals surface area contributed by atoms with Gasteiger partial charge in [0, 0.05) is 25.0 Å². The highest BCUT2D eigenvalue weighted by atomic mass is 28.2. The van der Waals surface area contributed by atoms with Crippen LogP contribution in [0.5, 0.6) is 0 Å². The van der Waals surface area contributed by atoms with Crippen LogP contribution in [0.2, 0.25) is 6.04 Å². The molecule has 3 heteroatoms. The summed E-state index contributed by atoms with van der Waals surface area (Å²) in [5.41, 5.74) is 4.32. The average Bonchev–Trinajstić information content (AvgIpc) is 2.50. The average molecular weight is 223 g/mol. The number of aryl methyl sites for hydroxylation is 2. The fourth-order valence-corrected chi connectivity index (χ4v) is 2.49. The molecule has 2 nitrogen and oxygen atoms in total. The lowest BCUT2D eigenvalue weighted by molar-refractivity contribution is 0.437. The van der Waals surface area contributed by atoms with Crippen LogP contribution in [0.15, 0.2) is 6.07 Å². The van der Waals surface area contributed by atoms with Gasteiger partial charge in [-0.2, -0.15) is 0 Å². The summed E-state index contributed by atoms with van der Waals surface area (Å²) < 4.78 is 7.51. The molecule has 0 fully saturated rings. The van der Waals surface area contributed by atoms with Gasteiger partial charge in [0.1, 0.15) is 0 Å². The first kappa shape index (κ1) is 12.5. The van der Waals surface area contributed by atoms with Gasteiger partial charge in [-0.25, -0.2) is 0 Å². The molecule has 0 aliphatic rings. The van der Waals surface area contributed by atoms with E-state index >= 15 is 0 Å². The molecule has 0 saturated heterocycles. The van der Waals surface area contributed by atoms with E-state index in [1.165, 1.54) is 29.4 Å². The minimum Gasteiger partial charge on any atom is -0.421 e. The maximum absolute atomic E-state index is 5.09. The number of rotatable bonds is 6. The van der Waals surface area contributed by atoms with E-state index < -0.39 is 0 Å². The molecule has 1 aromatic heterocycles. The van der Waals surface area contributed by atoms with E-state index in [1.807, 2.05) is 0 Å². The van der Waals surface area contributed by atoms with Crippen molar-refractivity contribution in [2.24, 2.45) is 0 Å². The maximum atomic E-state index is 5.09. The van der Waals surface area contributed by atoms with Gasteiger partial charge in [0.2, 0.25) is 9.76 Å². The number of hydrogen-bond acceptors (Lipinski definition) is 1. The van der Waals surface area contributed by atoms with Crippen LogP contribution in [0.3, 0.4) is 0 Å². The van der Waals surface area contributed by atoms with E-state index in [0.717, 1.165) is 13.0 Å². The molecule has 1 heterocycles. The zero-order valence-corrected chi connectivity index (χ0v) is 11.3. The SMILES string of the molecule is CCc1cc(C)n(CCC[Si]OC)c1C. The molecule has 0 amide bonds. The lowest BCUT2D eigenvalue weighted by atomic mass is 10.2. The topological polar surface area (TPSA) is 14.2 Å². The van der Waals surface area contributed by atoms with Crippen LogP contribution in [0.4, 0.5) is 0 Å². The van der Waals surface area contributed by atoms with Crippen molar-refractivity contribution in [1.29, 1.82) is 0 Å². The number of aromatic nitrogens is 1. The summed E-state index contributed by atoms with van der Waals surface area (Å²) in [6, 6.07) is 3.49. The van der Waals surface area contributed by atoms with E-state index in [1.54, 1.807) is 7.11 Å². The summed E-state index contributed by atoms with van der Waals surface area (Å²) in [5.74, 6) is 0. The highest BCUT2D eigenvalue weighted by Crippen LogP contribution is 2.16. The van der Waals surface area contributed by atoms with Crippen LogP contribution in [0, 0.1) is 13.8 Å². The Hall–Kier alpha value is -0.543. The number of hydrogen-bond donors (Lipinski definition) is 0. The zero-order chi connectivity index (χ0) is 11.3. The molecular formula is C12H21NOSi. The molecule has 2 radical (unpaired) electrons. The molecule has 0 unspecified atom stereocenters. The molecular weight excluding hydrogens is 202 g/mol. The standard InChI is InChI=1S/C12H21NOSi/c1-5-12-9-10(2)13(11(12)3)7-6-8-15-14-4/h9H,5-8H2,1-4H3. The van der Waals surface area contributed by atoms with Crippen LogP contribution in [-0.2, 0) is 17.4 Å². The first-order valence-corrected chi connectivity index (χ1v) is 6.73. The van der Waals surface area contributed by atoms with Gasteiger partial charge >= 0.3 is 0 Å². The lowest BCUT2D eigenvalue weighted by Crippen LogP contribution is -2.04. The van der Waals surface area contributed by atoms with Gasteiger partial charge in [-0.1, -0.05) is 6.92 Å². The van der Waals surface area contributed by atoms with Crippen molar-refractivity contribution in [2.75, 3.05) is 7.11 Å². The first-order valence-electron chi connectivity index (χ1n) is 5.62. The van der Waals surface area contributed by atoms with Gasteiger partial charge in [-0.05, 0) is 44.4 Å². The van der Waals surface area contributed by atoms with Crippen LogP contribution >= 0.6 is 0 Å². The van der Waals surface area contributed by atoms with Crippen molar-refractivity contribution < 1.29 is 4.43 Å². The minimum atomic E-state index is 0.654. The third-order valence-electron chi connectivity index (χ3n) is 2.86. The number of nitrogens with zero attached hydrogens (tertiary/aromatic N) is 1. The molecule has 0 spiro atoms. The first-order chi connectivity index (χ1) is 7.20. The fraction of sp³-hybridized carbons (Fsp3) is 0.667. The summed E-state index contributed by atoms with van der Waals surface area (Å²) in [6.07, 6.45) is 2.35. The Balaban J connectivity index is 2.56. The summed E-state index contributed by atoms with van der Waals surface area (Å²) in [5, 5.41) is 0. The van der Waals surface area contributed by atoms with E-state index in [4.69, 9.17) is 4.43 Å². The van der Waals surface area contributed by atoms with Gasteiger partial charge in [-0.15, -0.1) is 0 Å². The van der Waals surface area contributed by atoms with E-state index in [0.29, 0.717) is 9.76 Å². The smallest absolute Gasteiger partial charge is 0.229 e. The molecule has 0 N–H and O–H groups in total. The summed E-state index contributed by atoms with van der Waals surface area (Å²) in [6.45, 7) is 7.78. The Bertz CT molecular complexity index is 307. The molecule has 0 aromatic carbocycles.